The van der Waals surface area contributed by atoms with Crippen LogP contribution in [0.1, 0.15) is 59.4 Å². The number of halogens is 1. The van der Waals surface area contributed by atoms with Crippen LogP contribution in [0.5, 0.6) is 5.75 Å². The highest BCUT2D eigenvalue weighted by Crippen LogP contribution is 2.42. The number of carbonyl (C=O) groups is 4. The van der Waals surface area contributed by atoms with Crippen LogP contribution in [0.2, 0.25) is 0 Å². The first-order chi connectivity index (χ1) is 21.7. The Morgan fingerprint density at radius 2 is 1.73 bits per heavy atom. The zero-order valence-corrected chi connectivity index (χ0v) is 26.9. The van der Waals surface area contributed by atoms with Gasteiger partial charge in [0, 0.05) is 21.0 Å². The number of aryl methyl sites for hydroxylation is 1. The lowest BCUT2D eigenvalue weighted by Gasteiger charge is -2.25. The average molecular weight is 670 g/mol. The smallest absolute Gasteiger partial charge is 0.339 e. The molecule has 8 nitrogen and oxygen atoms in total. The van der Waals surface area contributed by atoms with Crippen LogP contribution in [0.3, 0.4) is 0 Å². The molecule has 0 spiro atoms. The third-order valence-corrected chi connectivity index (χ3v) is 9.35. The minimum Gasteiger partial charge on any atom is -0.497 e. The van der Waals surface area contributed by atoms with Crippen LogP contribution >= 0.6 is 15.9 Å². The fraction of sp³-hybridized carbons (Fsp3) is 0.306. The summed E-state index contributed by atoms with van der Waals surface area (Å²) in [4.78, 5) is 59.1. The lowest BCUT2D eigenvalue weighted by Crippen LogP contribution is -2.30. The summed E-state index contributed by atoms with van der Waals surface area (Å²) in [6, 6.07) is 19.2. The third kappa shape index (κ3) is 5.89. The Bertz CT molecular complexity index is 1840. The Kier molecular flexibility index (Phi) is 8.55. The van der Waals surface area contributed by atoms with Crippen LogP contribution in [0.15, 0.2) is 71.2 Å². The van der Waals surface area contributed by atoms with Gasteiger partial charge in [0.05, 0.1) is 41.4 Å². The highest BCUT2D eigenvalue weighted by molar-refractivity contribution is 9.10. The minimum atomic E-state index is -0.651. The number of rotatable bonds is 8. The second kappa shape index (κ2) is 12.6. The van der Waals surface area contributed by atoms with Gasteiger partial charge < -0.3 is 9.47 Å². The molecule has 2 heterocycles. The molecular formula is C36H33BrN2O6. The zero-order chi connectivity index (χ0) is 31.8. The molecule has 2 amide bonds. The van der Waals surface area contributed by atoms with Gasteiger partial charge >= 0.3 is 5.97 Å². The molecule has 3 unspecified atom stereocenters. The number of methoxy groups -OCH3 is 1. The number of fused-ring (bicyclic) bond motifs is 2. The summed E-state index contributed by atoms with van der Waals surface area (Å²) in [7, 11) is 1.52. The molecule has 9 heteroatoms. The molecule has 1 aliphatic heterocycles. The fourth-order valence-corrected chi connectivity index (χ4v) is 6.97. The monoisotopic (exact) mass is 668 g/mol. The summed E-state index contributed by atoms with van der Waals surface area (Å²) >= 11 is 3.55. The van der Waals surface area contributed by atoms with E-state index in [1.54, 1.807) is 54.6 Å². The molecule has 1 aromatic heterocycles. The molecule has 3 aromatic carbocycles. The normalized spacial score (nSPS) is 19.5. The number of carbonyl (C=O) groups excluding carboxylic acids is 4. The van der Waals surface area contributed by atoms with Crippen molar-refractivity contribution >= 4 is 56.1 Å². The topological polar surface area (TPSA) is 103 Å². The molecule has 0 bridgehead atoms. The highest BCUT2D eigenvalue weighted by Gasteiger charge is 2.49. The number of amides is 2. The standard InChI is InChI=1S/C36H33BrN2O6/c1-4-21-15-24(37)17-28-30(36(43)45-19-32(40)23-6-5-7-26(16-23)44-3)18-31(38-33(21)28)22-9-11-25(12-10-22)39-34(41)27-13-8-20(2)14-29(27)35(39)42/h5-7,9-12,15-18,20,27,29H,4,8,13-14,19H2,1-3H3. The van der Waals surface area contributed by atoms with Crippen LogP contribution in [-0.4, -0.2) is 42.3 Å². The van der Waals surface area contributed by atoms with Crippen molar-refractivity contribution in [3.8, 4) is 17.0 Å². The number of anilines is 1. The summed E-state index contributed by atoms with van der Waals surface area (Å²) in [5.41, 5.74) is 4.00. The fourth-order valence-electron chi connectivity index (χ4n) is 6.46. The molecule has 4 aromatic rings. The molecule has 45 heavy (non-hydrogen) atoms. The minimum absolute atomic E-state index is 0.125. The van der Waals surface area contributed by atoms with Gasteiger partial charge in [0.2, 0.25) is 11.8 Å². The van der Waals surface area contributed by atoms with Crippen molar-refractivity contribution in [2.24, 2.45) is 17.8 Å². The van der Waals surface area contributed by atoms with Crippen LogP contribution < -0.4 is 9.64 Å². The lowest BCUT2D eigenvalue weighted by molar-refractivity contribution is -0.122. The molecule has 230 valence electrons. The van der Waals surface area contributed by atoms with Gasteiger partial charge in [-0.3, -0.25) is 19.3 Å². The molecule has 2 aliphatic rings. The van der Waals surface area contributed by atoms with E-state index in [-0.39, 0.29) is 35.0 Å². The van der Waals surface area contributed by atoms with Crippen molar-refractivity contribution in [2.75, 3.05) is 18.6 Å². The van der Waals surface area contributed by atoms with Crippen LogP contribution in [0.25, 0.3) is 22.2 Å². The van der Waals surface area contributed by atoms with E-state index in [0.29, 0.717) is 51.5 Å². The van der Waals surface area contributed by atoms with Gasteiger partial charge in [-0.1, -0.05) is 54.0 Å². The van der Waals surface area contributed by atoms with Crippen molar-refractivity contribution in [3.05, 3.63) is 87.9 Å². The van der Waals surface area contributed by atoms with Crippen molar-refractivity contribution in [1.82, 2.24) is 4.98 Å². The van der Waals surface area contributed by atoms with Gasteiger partial charge in [-0.05, 0) is 79.6 Å². The van der Waals surface area contributed by atoms with Gasteiger partial charge in [-0.15, -0.1) is 0 Å². The molecule has 6 rings (SSSR count). The molecular weight excluding hydrogens is 636 g/mol. The SMILES string of the molecule is CCc1cc(Br)cc2c(C(=O)OCC(=O)c3cccc(OC)c3)cc(-c3ccc(N4C(=O)C5CCC(C)CC5C4=O)cc3)nc12. The van der Waals surface area contributed by atoms with E-state index in [9.17, 15) is 19.2 Å². The number of ether oxygens (including phenoxy) is 2. The Morgan fingerprint density at radius 3 is 2.47 bits per heavy atom. The van der Waals surface area contributed by atoms with E-state index < -0.39 is 12.6 Å². The summed E-state index contributed by atoms with van der Waals surface area (Å²) < 4.78 is 11.5. The largest absolute Gasteiger partial charge is 0.497 e. The highest BCUT2D eigenvalue weighted by atomic mass is 79.9. The Morgan fingerprint density at radius 1 is 0.978 bits per heavy atom. The zero-order valence-electron chi connectivity index (χ0n) is 25.3. The molecule has 3 atom stereocenters. The number of imide groups is 1. The van der Waals surface area contributed by atoms with Crippen molar-refractivity contribution in [3.63, 3.8) is 0 Å². The van der Waals surface area contributed by atoms with Crippen LogP contribution in [-0.2, 0) is 20.7 Å². The van der Waals surface area contributed by atoms with Crippen molar-refractivity contribution in [2.45, 2.75) is 39.5 Å². The Labute approximate surface area is 269 Å². The Hall–Kier alpha value is -4.37. The number of hydrogen-bond donors (Lipinski definition) is 0. The second-order valence-corrected chi connectivity index (χ2v) is 12.7. The van der Waals surface area contributed by atoms with E-state index >= 15 is 0 Å². The first-order valence-corrected chi connectivity index (χ1v) is 15.9. The number of esters is 1. The van der Waals surface area contributed by atoms with Gasteiger partial charge in [0.1, 0.15) is 5.75 Å². The first-order valence-electron chi connectivity index (χ1n) is 15.1. The number of aromatic nitrogens is 1. The number of nitrogens with zero attached hydrogens (tertiary/aromatic N) is 2. The van der Waals surface area contributed by atoms with E-state index in [0.717, 1.165) is 29.3 Å². The van der Waals surface area contributed by atoms with Crippen LogP contribution in [0.4, 0.5) is 5.69 Å². The molecule has 0 N–H and O–H groups in total. The quantitative estimate of drug-likeness (QED) is 0.111. The third-order valence-electron chi connectivity index (χ3n) is 8.89. The first kappa shape index (κ1) is 30.6. The van der Waals surface area contributed by atoms with Gasteiger partial charge in [-0.2, -0.15) is 0 Å². The number of hydrogen-bond acceptors (Lipinski definition) is 7. The predicted molar refractivity (Wildman–Crippen MR) is 174 cm³/mol. The maximum absolute atomic E-state index is 13.5. The summed E-state index contributed by atoms with van der Waals surface area (Å²) in [5.74, 6) is -0.787. The maximum Gasteiger partial charge on any atom is 0.339 e. The molecule has 2 fully saturated rings. The van der Waals surface area contributed by atoms with Crippen molar-refractivity contribution in [1.29, 1.82) is 0 Å². The van der Waals surface area contributed by atoms with Gasteiger partial charge in [0.15, 0.2) is 12.4 Å². The predicted octanol–water partition coefficient (Wildman–Crippen LogP) is 7.20. The van der Waals surface area contributed by atoms with E-state index in [2.05, 4.69) is 22.9 Å². The van der Waals surface area contributed by atoms with Gasteiger partial charge in [-0.25, -0.2) is 9.78 Å². The van der Waals surface area contributed by atoms with Gasteiger partial charge in [0.25, 0.3) is 0 Å². The number of pyridine rings is 1. The van der Waals surface area contributed by atoms with E-state index in [4.69, 9.17) is 14.5 Å². The van der Waals surface area contributed by atoms with E-state index in [1.807, 2.05) is 19.1 Å². The average Bonchev–Trinajstić information content (AvgIpc) is 3.30. The lowest BCUT2D eigenvalue weighted by atomic mass is 9.76. The molecule has 1 saturated heterocycles. The number of benzene rings is 3. The molecule has 1 aliphatic carbocycles. The number of Topliss-reactive ketones (excluding diaryl/α,β-unsaturated/α-hetero) is 1. The summed E-state index contributed by atoms with van der Waals surface area (Å²) in [5, 5.41) is 0.602. The number of ketones is 1. The summed E-state index contributed by atoms with van der Waals surface area (Å²) in [6.07, 6.45) is 3.11. The van der Waals surface area contributed by atoms with E-state index in [1.165, 1.54) is 12.0 Å². The maximum atomic E-state index is 13.5. The van der Waals surface area contributed by atoms with Crippen molar-refractivity contribution < 1.29 is 28.7 Å². The Balaban J connectivity index is 1.31. The second-order valence-electron chi connectivity index (χ2n) is 11.8. The molecule has 1 saturated carbocycles. The molecule has 0 radical (unpaired) electrons. The van der Waals surface area contributed by atoms with Crippen LogP contribution in [0, 0.1) is 17.8 Å². The summed E-state index contributed by atoms with van der Waals surface area (Å²) in [6.45, 7) is 3.71.